The van der Waals surface area contributed by atoms with E-state index in [9.17, 15) is 0 Å². The second-order valence-electron chi connectivity index (χ2n) is 3.51. The lowest BCUT2D eigenvalue weighted by Crippen LogP contribution is -2.22. The van der Waals surface area contributed by atoms with Crippen LogP contribution in [-0.4, -0.2) is 14.7 Å². The van der Waals surface area contributed by atoms with E-state index in [2.05, 4.69) is 19.6 Å². The maximum Gasteiger partial charge on any atom is 0.0907 e. The molecule has 0 N–H and O–H groups in total. The zero-order valence-electron chi connectivity index (χ0n) is 6.40. The summed E-state index contributed by atoms with van der Waals surface area (Å²) in [6, 6.07) is 0. The average molecular weight is 142 g/mol. The molecular weight excluding hydrogens is 128 g/mol. The summed E-state index contributed by atoms with van der Waals surface area (Å²) in [5.41, 5.74) is 0. The van der Waals surface area contributed by atoms with Crippen LogP contribution in [0.5, 0.6) is 0 Å². The van der Waals surface area contributed by atoms with E-state index in [-0.39, 0.29) is 0 Å². The van der Waals surface area contributed by atoms with Gasteiger partial charge in [-0.05, 0) is 5.20 Å². The quantitative estimate of drug-likeness (QED) is 0.510. The second kappa shape index (κ2) is 2.18. The van der Waals surface area contributed by atoms with Crippen molar-refractivity contribution in [3.8, 4) is 0 Å². The largest absolute Gasteiger partial charge is 0.501 e. The Morgan fingerprint density at radius 1 is 1.44 bits per heavy atom. The number of hydrogen-bond acceptors (Lipinski definition) is 1. The van der Waals surface area contributed by atoms with Gasteiger partial charge in [-0.3, -0.25) is 0 Å². The fourth-order valence-corrected chi connectivity index (χ4v) is 2.23. The van der Waals surface area contributed by atoms with E-state index in [1.807, 2.05) is 6.26 Å². The van der Waals surface area contributed by atoms with Crippen molar-refractivity contribution in [1.29, 1.82) is 0 Å². The first-order valence-electron chi connectivity index (χ1n) is 3.42. The summed E-state index contributed by atoms with van der Waals surface area (Å²) in [6.45, 7) is 7.98. The minimum Gasteiger partial charge on any atom is -0.501 e. The Kier molecular flexibility index (Phi) is 1.66. The molecule has 0 saturated heterocycles. The van der Waals surface area contributed by atoms with Crippen molar-refractivity contribution < 1.29 is 4.74 Å². The molecule has 0 spiro atoms. The first-order valence-corrected chi connectivity index (χ1v) is 6.92. The minimum atomic E-state index is -0.988. The van der Waals surface area contributed by atoms with E-state index in [0.717, 1.165) is 6.61 Å². The van der Waals surface area contributed by atoms with Crippen LogP contribution >= 0.6 is 0 Å². The Morgan fingerprint density at radius 2 is 2.11 bits per heavy atom. The zero-order chi connectivity index (χ0) is 6.91. The molecule has 0 fully saturated rings. The van der Waals surface area contributed by atoms with Crippen LogP contribution in [0.4, 0.5) is 0 Å². The van der Waals surface area contributed by atoms with Crippen LogP contribution < -0.4 is 0 Å². The molecule has 2 heteroatoms. The molecule has 1 aliphatic heterocycles. The Balaban J connectivity index is 2.61. The fourth-order valence-electron chi connectivity index (χ4n) is 0.939. The van der Waals surface area contributed by atoms with Gasteiger partial charge in [-0.2, -0.15) is 0 Å². The van der Waals surface area contributed by atoms with Crippen molar-refractivity contribution >= 4 is 8.07 Å². The Morgan fingerprint density at radius 3 is 2.33 bits per heavy atom. The van der Waals surface area contributed by atoms with E-state index in [4.69, 9.17) is 4.74 Å². The highest BCUT2D eigenvalue weighted by Gasteiger charge is 2.22. The van der Waals surface area contributed by atoms with Crippen LogP contribution in [-0.2, 0) is 4.74 Å². The maximum absolute atomic E-state index is 5.16. The van der Waals surface area contributed by atoms with E-state index < -0.39 is 8.07 Å². The monoisotopic (exact) mass is 142 g/mol. The molecule has 0 aromatic heterocycles. The van der Waals surface area contributed by atoms with Crippen molar-refractivity contribution in [2.24, 2.45) is 0 Å². The van der Waals surface area contributed by atoms with Crippen molar-refractivity contribution in [3.63, 3.8) is 0 Å². The molecule has 9 heavy (non-hydrogen) atoms. The first-order chi connectivity index (χ1) is 4.11. The third kappa shape index (κ3) is 1.58. The van der Waals surface area contributed by atoms with Gasteiger partial charge in [0.2, 0.25) is 0 Å². The maximum atomic E-state index is 5.16. The van der Waals surface area contributed by atoms with E-state index in [0.29, 0.717) is 0 Å². The van der Waals surface area contributed by atoms with E-state index in [1.54, 1.807) is 5.20 Å². The summed E-state index contributed by atoms with van der Waals surface area (Å²) in [5.74, 6) is 0. The Labute approximate surface area is 57.7 Å². The van der Waals surface area contributed by atoms with Gasteiger partial charge >= 0.3 is 0 Å². The van der Waals surface area contributed by atoms with Crippen LogP contribution in [0, 0.1) is 0 Å². The highest BCUT2D eigenvalue weighted by molar-refractivity contribution is 6.83. The Hall–Kier alpha value is -0.243. The molecule has 0 atom stereocenters. The lowest BCUT2D eigenvalue weighted by atomic mass is 10.5. The van der Waals surface area contributed by atoms with Crippen LogP contribution in [0.2, 0.25) is 19.6 Å². The molecule has 0 bridgehead atoms. The lowest BCUT2D eigenvalue weighted by molar-refractivity contribution is 0.281. The number of ether oxygens (including phenoxy) is 1. The highest BCUT2D eigenvalue weighted by atomic mass is 28.3. The Bertz CT molecular complexity index is 132. The smallest absolute Gasteiger partial charge is 0.0907 e. The van der Waals surface area contributed by atoms with Crippen molar-refractivity contribution in [2.75, 3.05) is 6.61 Å². The van der Waals surface area contributed by atoms with Gasteiger partial charge in [0.1, 0.15) is 0 Å². The predicted octanol–water partition coefficient (Wildman–Crippen LogP) is 2.17. The molecular formula is C7H14OSi. The van der Waals surface area contributed by atoms with Gasteiger partial charge in [0.05, 0.1) is 20.9 Å². The minimum absolute atomic E-state index is 0.916. The first kappa shape index (κ1) is 6.87. The fraction of sp³-hybridized carbons (Fsp3) is 0.714. The molecule has 0 aliphatic carbocycles. The van der Waals surface area contributed by atoms with Gasteiger partial charge in [-0.15, -0.1) is 0 Å². The third-order valence-electron chi connectivity index (χ3n) is 1.68. The van der Waals surface area contributed by atoms with Gasteiger partial charge in [0.15, 0.2) is 0 Å². The molecule has 1 nitrogen and oxygen atoms in total. The topological polar surface area (TPSA) is 9.23 Å². The molecule has 1 rings (SSSR count). The molecule has 0 radical (unpaired) electrons. The van der Waals surface area contributed by atoms with E-state index >= 15 is 0 Å². The molecule has 1 aliphatic rings. The SMILES string of the molecule is C[Si](C)(C)C1=COCC1. The number of hydrogen-bond donors (Lipinski definition) is 0. The molecule has 0 unspecified atom stereocenters. The van der Waals surface area contributed by atoms with Gasteiger partial charge in [0, 0.05) is 6.42 Å². The van der Waals surface area contributed by atoms with Crippen LogP contribution in [0.1, 0.15) is 6.42 Å². The summed E-state index contributed by atoms with van der Waals surface area (Å²) in [6.07, 6.45) is 3.14. The van der Waals surface area contributed by atoms with E-state index in [1.165, 1.54) is 6.42 Å². The second-order valence-corrected chi connectivity index (χ2v) is 8.66. The number of rotatable bonds is 1. The average Bonchev–Trinajstić information content (AvgIpc) is 2.08. The summed E-state index contributed by atoms with van der Waals surface area (Å²) >= 11 is 0. The molecule has 0 aromatic rings. The van der Waals surface area contributed by atoms with Crippen LogP contribution in [0.15, 0.2) is 11.5 Å². The summed E-state index contributed by atoms with van der Waals surface area (Å²) in [7, 11) is -0.988. The zero-order valence-corrected chi connectivity index (χ0v) is 7.40. The lowest BCUT2D eigenvalue weighted by Gasteiger charge is -2.14. The summed E-state index contributed by atoms with van der Waals surface area (Å²) < 4.78 is 5.16. The van der Waals surface area contributed by atoms with Crippen molar-refractivity contribution in [1.82, 2.24) is 0 Å². The van der Waals surface area contributed by atoms with Gasteiger partial charge in [0.25, 0.3) is 0 Å². The normalized spacial score (nSPS) is 19.2. The highest BCUT2D eigenvalue weighted by Crippen LogP contribution is 2.21. The molecule has 52 valence electrons. The van der Waals surface area contributed by atoms with Crippen molar-refractivity contribution in [3.05, 3.63) is 11.5 Å². The van der Waals surface area contributed by atoms with Gasteiger partial charge in [-0.25, -0.2) is 0 Å². The summed E-state index contributed by atoms with van der Waals surface area (Å²) in [4.78, 5) is 0. The standard InChI is InChI=1S/C7H14OSi/c1-9(2,3)7-4-5-8-6-7/h6H,4-5H2,1-3H3. The molecule has 0 saturated carbocycles. The van der Waals surface area contributed by atoms with Crippen molar-refractivity contribution in [2.45, 2.75) is 26.1 Å². The van der Waals surface area contributed by atoms with Gasteiger partial charge < -0.3 is 4.74 Å². The summed E-state index contributed by atoms with van der Waals surface area (Å²) in [5, 5.41) is 1.57. The molecule has 0 amide bonds. The third-order valence-corrected chi connectivity index (χ3v) is 3.97. The molecule has 1 heterocycles. The van der Waals surface area contributed by atoms with Gasteiger partial charge in [-0.1, -0.05) is 19.6 Å². The van der Waals surface area contributed by atoms with Crippen LogP contribution in [0.3, 0.4) is 0 Å². The predicted molar refractivity (Wildman–Crippen MR) is 42.0 cm³/mol. The van der Waals surface area contributed by atoms with Crippen LogP contribution in [0.25, 0.3) is 0 Å². The molecule has 0 aromatic carbocycles.